The molecule has 1 aliphatic carbocycles. The molecule has 1 heterocycles. The van der Waals surface area contributed by atoms with Gasteiger partial charge in [-0.1, -0.05) is 26.0 Å². The zero-order valence-corrected chi connectivity index (χ0v) is 17.1. The second kappa shape index (κ2) is 8.47. The van der Waals surface area contributed by atoms with Crippen LogP contribution in [0.25, 0.3) is 0 Å². The van der Waals surface area contributed by atoms with Gasteiger partial charge in [0.15, 0.2) is 0 Å². The van der Waals surface area contributed by atoms with E-state index in [1.165, 1.54) is 37.8 Å². The molecule has 0 N–H and O–H groups in total. The summed E-state index contributed by atoms with van der Waals surface area (Å²) in [5.74, 6) is 0.387. The molecule has 0 bridgehead atoms. The van der Waals surface area contributed by atoms with Crippen LogP contribution < -0.4 is 0 Å². The van der Waals surface area contributed by atoms with Crippen LogP contribution in [0, 0.1) is 13.8 Å². The standard InChI is InChI=1S/C10H14O3S.C10H14S/c1-3-8(2)9-4-6-10(7-5-9)14(11,12)13;1-7-9-5-3-4-6-10(9)8(2)11-7/h4-8H,3H2,1-2H3,(H,11,12,13);3-6H2,1-2H3. The molecule has 5 heteroatoms. The van der Waals surface area contributed by atoms with Crippen LogP contribution in [0.1, 0.15) is 66.9 Å². The summed E-state index contributed by atoms with van der Waals surface area (Å²) in [6, 6.07) is 6.12. The molecular formula is C20H28O3S2. The van der Waals surface area contributed by atoms with Gasteiger partial charge in [-0.2, -0.15) is 0 Å². The van der Waals surface area contributed by atoms with Gasteiger partial charge in [0.1, 0.15) is 10.1 Å². The van der Waals surface area contributed by atoms with E-state index in [4.69, 9.17) is 0 Å². The van der Waals surface area contributed by atoms with Gasteiger partial charge in [0.2, 0.25) is 0 Å². The third kappa shape index (κ3) is 5.16. The zero-order valence-electron chi connectivity index (χ0n) is 16.5. The molecule has 0 amide bonds. The molecule has 1 atom stereocenters. The van der Waals surface area contributed by atoms with Gasteiger partial charge in [-0.05, 0) is 80.7 Å². The van der Waals surface area contributed by atoms with Crippen LogP contribution in [0.15, 0.2) is 29.2 Å². The average Bonchev–Trinajstić information content (AvgIpc) is 2.89. The van der Waals surface area contributed by atoms with Gasteiger partial charge < -0.3 is 4.55 Å². The Hall–Kier alpha value is -1.17. The van der Waals surface area contributed by atoms with E-state index in [0.29, 0.717) is 5.92 Å². The molecule has 0 saturated heterocycles. The topological polar surface area (TPSA) is 57.2 Å². The Kier molecular flexibility index (Phi) is 6.83. The van der Waals surface area contributed by atoms with Gasteiger partial charge in [-0.25, -0.2) is 8.42 Å². The summed E-state index contributed by atoms with van der Waals surface area (Å²) in [6.45, 7) is 8.65. The molecule has 0 spiro atoms. The molecule has 1 aliphatic rings. The molecule has 1 unspecified atom stereocenters. The predicted molar refractivity (Wildman–Crippen MR) is 105 cm³/mol. The first-order valence-electron chi connectivity index (χ1n) is 8.87. The number of benzene rings is 1. The van der Waals surface area contributed by atoms with Crippen LogP contribution in [0.2, 0.25) is 0 Å². The summed E-state index contributed by atoms with van der Waals surface area (Å²) in [5, 5.41) is 0. The molecule has 0 fully saturated rings. The second-order valence-electron chi connectivity index (χ2n) is 6.71. The minimum Gasteiger partial charge on any atom is -0.744 e. The lowest BCUT2D eigenvalue weighted by atomic mass is 9.92. The Labute approximate surface area is 157 Å². The fourth-order valence-electron chi connectivity index (χ4n) is 3.23. The summed E-state index contributed by atoms with van der Waals surface area (Å²) in [6.07, 6.45) is 6.48. The van der Waals surface area contributed by atoms with E-state index in [1.54, 1.807) is 33.0 Å². The molecule has 25 heavy (non-hydrogen) atoms. The maximum absolute atomic E-state index is 10.6. The summed E-state index contributed by atoms with van der Waals surface area (Å²) in [7, 11) is -4.30. The van der Waals surface area contributed by atoms with Crippen molar-refractivity contribution >= 4 is 21.5 Å². The van der Waals surface area contributed by atoms with E-state index in [9.17, 15) is 13.0 Å². The van der Waals surface area contributed by atoms with E-state index in [0.717, 1.165) is 12.0 Å². The second-order valence-corrected chi connectivity index (χ2v) is 9.52. The first-order valence-corrected chi connectivity index (χ1v) is 11.1. The summed E-state index contributed by atoms with van der Waals surface area (Å²) in [4.78, 5) is 2.97. The van der Waals surface area contributed by atoms with Crippen molar-refractivity contribution in [2.75, 3.05) is 0 Å². The van der Waals surface area contributed by atoms with Crippen molar-refractivity contribution < 1.29 is 14.4 Å². The Balaban J connectivity index is 0.000000256. The van der Waals surface area contributed by atoms with E-state index in [2.05, 4.69) is 27.7 Å². The smallest absolute Gasteiger partial charge is 0.744 e. The van der Waals surface area contributed by atoms with Crippen molar-refractivity contribution in [3.05, 3.63) is 50.7 Å². The first-order chi connectivity index (χ1) is 11.7. The lowest BCUT2D eigenvalue weighted by Gasteiger charge is -2.12. The molecule has 3 rings (SSSR count). The number of hydrogen-bond acceptors (Lipinski definition) is 4. The van der Waals surface area contributed by atoms with Crippen molar-refractivity contribution in [3.8, 4) is 0 Å². The van der Waals surface area contributed by atoms with Crippen molar-refractivity contribution in [1.82, 2.24) is 0 Å². The van der Waals surface area contributed by atoms with E-state index in [1.807, 2.05) is 11.3 Å². The molecule has 138 valence electrons. The first kappa shape index (κ1) is 20.1. The Bertz CT molecular complexity index is 782. The van der Waals surface area contributed by atoms with Gasteiger partial charge in [0, 0.05) is 9.75 Å². The molecule has 1 aromatic heterocycles. The molecule has 0 radical (unpaired) electrons. The van der Waals surface area contributed by atoms with E-state index >= 15 is 0 Å². The van der Waals surface area contributed by atoms with Gasteiger partial charge in [0.25, 0.3) is 0 Å². The number of hydrogen-bond donors (Lipinski definition) is 0. The lowest BCUT2D eigenvalue weighted by Crippen LogP contribution is -2.00. The number of fused-ring (bicyclic) bond motifs is 1. The van der Waals surface area contributed by atoms with Crippen molar-refractivity contribution in [2.45, 2.75) is 70.6 Å². The zero-order chi connectivity index (χ0) is 18.6. The highest BCUT2D eigenvalue weighted by molar-refractivity contribution is 7.85. The summed E-state index contributed by atoms with van der Waals surface area (Å²) in [5.41, 5.74) is 4.41. The van der Waals surface area contributed by atoms with Gasteiger partial charge in [0.05, 0.1) is 4.90 Å². The maximum atomic E-state index is 10.6. The van der Waals surface area contributed by atoms with Crippen LogP contribution in [-0.4, -0.2) is 13.0 Å². The minimum absolute atomic E-state index is 0. The number of thiophene rings is 1. The van der Waals surface area contributed by atoms with Crippen molar-refractivity contribution in [2.24, 2.45) is 0 Å². The fraction of sp³-hybridized carbons (Fsp3) is 0.500. The highest BCUT2D eigenvalue weighted by Crippen LogP contribution is 2.32. The Morgan fingerprint density at radius 3 is 1.96 bits per heavy atom. The van der Waals surface area contributed by atoms with Gasteiger partial charge >= 0.3 is 1.43 Å². The summed E-state index contributed by atoms with van der Waals surface area (Å²) < 4.78 is 31.9. The van der Waals surface area contributed by atoms with Crippen LogP contribution in [-0.2, 0) is 23.0 Å². The highest BCUT2D eigenvalue weighted by Gasteiger charge is 2.15. The highest BCUT2D eigenvalue weighted by atomic mass is 32.2. The van der Waals surface area contributed by atoms with Crippen LogP contribution in [0.4, 0.5) is 0 Å². The molecule has 2 aromatic rings. The monoisotopic (exact) mass is 380 g/mol. The number of rotatable bonds is 3. The maximum Gasteiger partial charge on any atom is 1.00 e. The molecular weight excluding hydrogens is 352 g/mol. The van der Waals surface area contributed by atoms with Crippen LogP contribution >= 0.6 is 11.3 Å². The quantitative estimate of drug-likeness (QED) is 0.664. The SMILES string of the molecule is CCC(C)c1ccc(S(=O)(=O)[O-])cc1.Cc1sc(C)c2c1CCCC2.[H+]. The molecule has 3 nitrogen and oxygen atoms in total. The van der Waals surface area contributed by atoms with Gasteiger partial charge in [-0.3, -0.25) is 0 Å². The normalized spacial score (nSPS) is 15.1. The van der Waals surface area contributed by atoms with Crippen LogP contribution in [0.5, 0.6) is 0 Å². The predicted octanol–water partition coefficient (Wildman–Crippen LogP) is 5.46. The lowest BCUT2D eigenvalue weighted by molar-refractivity contribution is 0.463. The van der Waals surface area contributed by atoms with Crippen molar-refractivity contribution in [1.29, 1.82) is 0 Å². The molecule has 0 aliphatic heterocycles. The number of aryl methyl sites for hydroxylation is 2. The fourth-order valence-corrected chi connectivity index (χ4v) is 4.86. The average molecular weight is 381 g/mol. The Morgan fingerprint density at radius 1 is 1.08 bits per heavy atom. The third-order valence-corrected chi connectivity index (χ3v) is 6.93. The van der Waals surface area contributed by atoms with E-state index < -0.39 is 10.1 Å². The van der Waals surface area contributed by atoms with Gasteiger partial charge in [-0.15, -0.1) is 11.3 Å². The largest absolute Gasteiger partial charge is 1.00 e. The van der Waals surface area contributed by atoms with E-state index in [-0.39, 0.29) is 6.32 Å². The Morgan fingerprint density at radius 2 is 1.56 bits per heavy atom. The minimum atomic E-state index is -4.30. The third-order valence-electron chi connectivity index (χ3n) is 4.97. The molecule has 0 saturated carbocycles. The molecule has 1 aromatic carbocycles. The van der Waals surface area contributed by atoms with Crippen LogP contribution in [0.3, 0.4) is 0 Å². The summed E-state index contributed by atoms with van der Waals surface area (Å²) >= 11 is 1.98. The van der Waals surface area contributed by atoms with Crippen molar-refractivity contribution in [3.63, 3.8) is 0 Å².